The minimum Gasteiger partial charge on any atom is -0.497 e. The predicted molar refractivity (Wildman–Crippen MR) is 173 cm³/mol. The highest BCUT2D eigenvalue weighted by molar-refractivity contribution is 8.00. The second-order valence-corrected chi connectivity index (χ2v) is 12.6. The third-order valence-electron chi connectivity index (χ3n) is 7.84. The van der Waals surface area contributed by atoms with E-state index < -0.39 is 34.9 Å². The number of hydrogen-bond donors (Lipinski definition) is 1. The van der Waals surface area contributed by atoms with Crippen molar-refractivity contribution in [1.82, 2.24) is 4.57 Å². The molecular formula is C33H29N3O8S2. The van der Waals surface area contributed by atoms with E-state index in [2.05, 4.69) is 5.32 Å². The van der Waals surface area contributed by atoms with E-state index in [1.54, 1.807) is 74.7 Å². The summed E-state index contributed by atoms with van der Waals surface area (Å²) in [6.45, 7) is 1.65. The van der Waals surface area contributed by atoms with Crippen molar-refractivity contribution >= 4 is 58.2 Å². The van der Waals surface area contributed by atoms with Gasteiger partial charge in [-0.05, 0) is 73.2 Å². The molecular weight excluding hydrogens is 631 g/mol. The van der Waals surface area contributed by atoms with Crippen molar-refractivity contribution in [2.75, 3.05) is 31.0 Å². The van der Waals surface area contributed by atoms with Gasteiger partial charge < -0.3 is 19.5 Å². The summed E-state index contributed by atoms with van der Waals surface area (Å²) < 4.78 is 16.9. The van der Waals surface area contributed by atoms with Crippen molar-refractivity contribution in [3.8, 4) is 11.5 Å². The van der Waals surface area contributed by atoms with Crippen molar-refractivity contribution in [2.45, 2.75) is 29.7 Å². The van der Waals surface area contributed by atoms with Gasteiger partial charge in [0.2, 0.25) is 17.7 Å². The lowest BCUT2D eigenvalue weighted by atomic mass is 9.83. The van der Waals surface area contributed by atoms with Gasteiger partial charge in [0.1, 0.15) is 23.3 Å². The molecule has 4 aromatic rings. The van der Waals surface area contributed by atoms with Crippen LogP contribution < -0.4 is 24.6 Å². The predicted octanol–water partition coefficient (Wildman–Crippen LogP) is 4.54. The molecule has 3 heterocycles. The molecule has 13 heteroatoms. The van der Waals surface area contributed by atoms with Crippen LogP contribution in [0.2, 0.25) is 0 Å². The quantitative estimate of drug-likeness (QED) is 0.203. The minimum absolute atomic E-state index is 0.245. The maximum Gasteiger partial charge on any atom is 0.338 e. The number of hydrogen-bond acceptors (Lipinski definition) is 10. The van der Waals surface area contributed by atoms with E-state index in [0.717, 1.165) is 28.7 Å². The van der Waals surface area contributed by atoms with Crippen LogP contribution in [0.25, 0.3) is 0 Å². The molecule has 3 atom stereocenters. The molecule has 2 aliphatic heterocycles. The van der Waals surface area contributed by atoms with Gasteiger partial charge in [0.25, 0.3) is 0 Å². The van der Waals surface area contributed by atoms with E-state index >= 15 is 0 Å². The Kier molecular flexibility index (Phi) is 8.69. The number of anilines is 2. The smallest absolute Gasteiger partial charge is 0.338 e. The molecule has 1 saturated heterocycles. The average molecular weight is 660 g/mol. The van der Waals surface area contributed by atoms with Crippen molar-refractivity contribution in [1.29, 1.82) is 0 Å². The largest absolute Gasteiger partial charge is 0.497 e. The number of thiazole rings is 1. The minimum atomic E-state index is -0.826. The molecule has 0 radical (unpaired) electrons. The van der Waals surface area contributed by atoms with Crippen LogP contribution >= 0.6 is 23.1 Å². The Morgan fingerprint density at radius 1 is 0.848 bits per heavy atom. The highest BCUT2D eigenvalue weighted by atomic mass is 32.2. The summed E-state index contributed by atoms with van der Waals surface area (Å²) in [5.41, 5.74) is 1.95. The van der Waals surface area contributed by atoms with Gasteiger partial charge in [-0.25, -0.2) is 9.69 Å². The lowest BCUT2D eigenvalue weighted by Crippen LogP contribution is -2.33. The van der Waals surface area contributed by atoms with Crippen LogP contribution in [0.3, 0.4) is 0 Å². The van der Waals surface area contributed by atoms with Crippen LogP contribution in [0, 0.1) is 5.92 Å². The van der Waals surface area contributed by atoms with E-state index in [4.69, 9.17) is 14.2 Å². The zero-order valence-electron chi connectivity index (χ0n) is 25.1. The number of ether oxygens (including phenoxy) is 3. The normalized spacial score (nSPS) is 18.5. The lowest BCUT2D eigenvalue weighted by molar-refractivity contribution is -0.122. The molecule has 1 aromatic heterocycles. The van der Waals surface area contributed by atoms with Gasteiger partial charge in [0.15, 0.2) is 0 Å². The number of esters is 1. The fourth-order valence-corrected chi connectivity index (χ4v) is 8.43. The van der Waals surface area contributed by atoms with E-state index in [9.17, 15) is 24.0 Å². The summed E-state index contributed by atoms with van der Waals surface area (Å²) in [6, 6.07) is 20.1. The van der Waals surface area contributed by atoms with E-state index in [-0.39, 0.29) is 23.9 Å². The van der Waals surface area contributed by atoms with Gasteiger partial charge in [0.05, 0.1) is 43.0 Å². The zero-order chi connectivity index (χ0) is 32.5. The Labute approximate surface area is 272 Å². The number of fused-ring (bicyclic) bond motifs is 2. The van der Waals surface area contributed by atoms with E-state index in [0.29, 0.717) is 38.3 Å². The molecule has 236 valence electrons. The second-order valence-electron chi connectivity index (χ2n) is 10.5. The standard InChI is InChI=1S/C33H29N3O8S2/c1-4-44-32(40)19-5-9-20(10-6-19)34-24(37)17-35-31-28(46-33(35)41)25(18-7-13-22(42-2)14-8-18)26-27(45-31)30(39)36(29(26)38)21-11-15-23(43-3)16-12-21/h5-16,25-27H,4,17H2,1-3H3,(H,34,37). The zero-order valence-corrected chi connectivity index (χ0v) is 26.7. The summed E-state index contributed by atoms with van der Waals surface area (Å²) in [5, 5.41) is 2.41. The van der Waals surface area contributed by atoms with Crippen LogP contribution in [0.15, 0.2) is 82.6 Å². The fraction of sp³-hybridized carbons (Fsp3) is 0.242. The number of thioether (sulfide) groups is 1. The number of methoxy groups -OCH3 is 2. The molecule has 11 nitrogen and oxygen atoms in total. The maximum absolute atomic E-state index is 14.1. The Morgan fingerprint density at radius 2 is 1.48 bits per heavy atom. The first-order chi connectivity index (χ1) is 22.2. The van der Waals surface area contributed by atoms with Crippen molar-refractivity contribution < 1.29 is 33.4 Å². The highest BCUT2D eigenvalue weighted by Gasteiger charge is 2.56. The number of carbonyl (C=O) groups is 4. The first-order valence-corrected chi connectivity index (χ1v) is 16.1. The molecule has 46 heavy (non-hydrogen) atoms. The Bertz CT molecular complexity index is 1870. The molecule has 3 aromatic carbocycles. The summed E-state index contributed by atoms with van der Waals surface area (Å²) in [5.74, 6) is -1.88. The van der Waals surface area contributed by atoms with Crippen LogP contribution in [-0.4, -0.2) is 54.3 Å². The molecule has 2 aliphatic rings. The molecule has 3 unspecified atom stereocenters. The monoisotopic (exact) mass is 659 g/mol. The Hall–Kier alpha value is -4.88. The second kappa shape index (κ2) is 12.9. The number of rotatable bonds is 9. The molecule has 0 spiro atoms. The van der Waals surface area contributed by atoms with Gasteiger partial charge in [0, 0.05) is 16.5 Å². The van der Waals surface area contributed by atoms with Crippen LogP contribution in [0.1, 0.15) is 33.6 Å². The summed E-state index contributed by atoms with van der Waals surface area (Å²) >= 11 is 2.10. The lowest BCUT2D eigenvalue weighted by Gasteiger charge is -2.30. The fourth-order valence-electron chi connectivity index (χ4n) is 5.66. The number of benzene rings is 3. The maximum atomic E-state index is 14.1. The number of nitrogens with one attached hydrogen (secondary N) is 1. The highest BCUT2D eigenvalue weighted by Crippen LogP contribution is 2.54. The van der Waals surface area contributed by atoms with Crippen molar-refractivity contribution in [3.63, 3.8) is 0 Å². The number of nitrogens with zero attached hydrogens (tertiary/aromatic N) is 2. The van der Waals surface area contributed by atoms with Crippen molar-refractivity contribution in [2.24, 2.45) is 5.92 Å². The van der Waals surface area contributed by atoms with Crippen LogP contribution in [0.4, 0.5) is 11.4 Å². The summed E-state index contributed by atoms with van der Waals surface area (Å²) in [6.07, 6.45) is 0. The third kappa shape index (κ3) is 5.67. The van der Waals surface area contributed by atoms with E-state index in [1.165, 1.54) is 16.6 Å². The molecule has 0 bridgehead atoms. The SMILES string of the molecule is CCOC(=O)c1ccc(NC(=O)Cn2c3c(sc2=O)C(c2ccc(OC)cc2)C2C(=O)N(c4ccc(OC)cc4)C(=O)C2S3)cc1. The Morgan fingerprint density at radius 3 is 2.09 bits per heavy atom. The van der Waals surface area contributed by atoms with Crippen LogP contribution in [-0.2, 0) is 25.7 Å². The number of carbonyl (C=O) groups excluding carboxylic acids is 4. The van der Waals surface area contributed by atoms with Gasteiger partial charge in [-0.2, -0.15) is 0 Å². The van der Waals surface area contributed by atoms with Crippen LogP contribution in [0.5, 0.6) is 11.5 Å². The van der Waals surface area contributed by atoms with Gasteiger partial charge in [-0.15, -0.1) is 0 Å². The summed E-state index contributed by atoms with van der Waals surface area (Å²) in [4.78, 5) is 68.0. The molecule has 0 aliphatic carbocycles. The first-order valence-electron chi connectivity index (χ1n) is 14.4. The van der Waals surface area contributed by atoms with Gasteiger partial charge in [-0.3, -0.25) is 23.7 Å². The average Bonchev–Trinajstić information content (AvgIpc) is 3.51. The Balaban J connectivity index is 1.33. The summed E-state index contributed by atoms with van der Waals surface area (Å²) in [7, 11) is 3.09. The molecule has 6 rings (SSSR count). The van der Waals surface area contributed by atoms with Gasteiger partial charge in [-0.1, -0.05) is 35.2 Å². The van der Waals surface area contributed by atoms with E-state index in [1.807, 2.05) is 12.1 Å². The third-order valence-corrected chi connectivity index (χ3v) is 10.4. The topological polar surface area (TPSA) is 133 Å². The number of aromatic nitrogens is 1. The first kappa shape index (κ1) is 31.1. The number of amides is 3. The van der Waals surface area contributed by atoms with Gasteiger partial charge >= 0.3 is 10.8 Å². The molecule has 1 N–H and O–H groups in total. The molecule has 0 saturated carbocycles. The molecule has 1 fully saturated rings. The number of imide groups is 1. The molecule has 3 amide bonds. The van der Waals surface area contributed by atoms with Crippen molar-refractivity contribution in [3.05, 3.63) is 98.5 Å².